The van der Waals surface area contributed by atoms with E-state index in [-0.39, 0.29) is 47.9 Å². The van der Waals surface area contributed by atoms with E-state index in [1.165, 1.54) is 12.4 Å². The van der Waals surface area contributed by atoms with Crippen molar-refractivity contribution in [2.24, 2.45) is 5.92 Å². The monoisotopic (exact) mass is 385 g/mol. The summed E-state index contributed by atoms with van der Waals surface area (Å²) in [6, 6.07) is 2.15. The van der Waals surface area contributed by atoms with Crippen LogP contribution < -0.4 is 4.74 Å². The van der Waals surface area contributed by atoms with Gasteiger partial charge in [-0.25, -0.2) is 9.97 Å². The van der Waals surface area contributed by atoms with Gasteiger partial charge >= 0.3 is 0 Å². The van der Waals surface area contributed by atoms with Crippen molar-refractivity contribution in [3.05, 3.63) is 18.1 Å². The zero-order chi connectivity index (χ0) is 19.5. The second-order valence-electron chi connectivity index (χ2n) is 7.43. The largest absolute Gasteiger partial charge is 0.470 e. The number of amides is 2. The van der Waals surface area contributed by atoms with E-state index in [4.69, 9.17) is 14.7 Å². The highest BCUT2D eigenvalue weighted by Gasteiger charge is 2.41. The van der Waals surface area contributed by atoms with Crippen LogP contribution in [-0.2, 0) is 14.3 Å². The molecule has 0 spiro atoms. The van der Waals surface area contributed by atoms with E-state index < -0.39 is 0 Å². The molecule has 3 aliphatic rings. The summed E-state index contributed by atoms with van der Waals surface area (Å²) in [5.74, 6) is -0.0181. The predicted octanol–water partition coefficient (Wildman–Crippen LogP) is 0.355. The Bertz CT molecular complexity index is 789. The second kappa shape index (κ2) is 8.10. The van der Waals surface area contributed by atoms with Crippen LogP contribution in [0.3, 0.4) is 0 Å². The minimum Gasteiger partial charge on any atom is -0.470 e. The normalized spacial score (nSPS) is 25.8. The summed E-state index contributed by atoms with van der Waals surface area (Å²) in [5.41, 5.74) is 0.140. The maximum absolute atomic E-state index is 12.9. The van der Waals surface area contributed by atoms with Crippen molar-refractivity contribution in [1.29, 1.82) is 5.26 Å². The lowest BCUT2D eigenvalue weighted by atomic mass is 10.1. The second-order valence-corrected chi connectivity index (χ2v) is 7.43. The van der Waals surface area contributed by atoms with Gasteiger partial charge in [-0.3, -0.25) is 9.59 Å². The minimum atomic E-state index is -0.291. The third kappa shape index (κ3) is 3.78. The van der Waals surface area contributed by atoms with Crippen LogP contribution in [0.2, 0.25) is 0 Å². The molecule has 148 valence electrons. The molecule has 28 heavy (non-hydrogen) atoms. The number of rotatable bonds is 4. The van der Waals surface area contributed by atoms with Crippen LogP contribution in [0, 0.1) is 17.2 Å². The van der Waals surface area contributed by atoms with Gasteiger partial charge in [0.25, 0.3) is 5.88 Å². The maximum Gasteiger partial charge on any atom is 0.251 e. The van der Waals surface area contributed by atoms with Gasteiger partial charge in [-0.1, -0.05) is 0 Å². The first-order valence-corrected chi connectivity index (χ1v) is 9.69. The number of nitriles is 1. The molecule has 0 bridgehead atoms. The third-order valence-corrected chi connectivity index (χ3v) is 5.64. The first-order chi connectivity index (χ1) is 13.7. The van der Waals surface area contributed by atoms with Crippen LogP contribution in [0.25, 0.3) is 0 Å². The van der Waals surface area contributed by atoms with Crippen LogP contribution >= 0.6 is 0 Å². The first kappa shape index (κ1) is 18.6. The van der Waals surface area contributed by atoms with Crippen LogP contribution in [0.5, 0.6) is 5.88 Å². The average Bonchev–Trinajstić information content (AvgIpc) is 3.35. The number of likely N-dealkylation sites (tertiary alicyclic amines) is 2. The van der Waals surface area contributed by atoms with E-state index in [0.717, 1.165) is 12.8 Å². The highest BCUT2D eigenvalue weighted by Crippen LogP contribution is 2.28. The fourth-order valence-electron chi connectivity index (χ4n) is 4.18. The summed E-state index contributed by atoms with van der Waals surface area (Å²) in [6.07, 6.45) is 5.31. The Balaban J connectivity index is 1.33. The van der Waals surface area contributed by atoms with E-state index in [2.05, 4.69) is 9.97 Å². The lowest BCUT2D eigenvalue weighted by molar-refractivity contribution is -0.135. The van der Waals surface area contributed by atoms with Gasteiger partial charge in [0.15, 0.2) is 0 Å². The Labute approximate surface area is 163 Å². The van der Waals surface area contributed by atoms with E-state index >= 15 is 0 Å². The van der Waals surface area contributed by atoms with Crippen molar-refractivity contribution in [2.45, 2.75) is 37.8 Å². The minimum absolute atomic E-state index is 0.00802. The lowest BCUT2D eigenvalue weighted by Crippen LogP contribution is -2.42. The van der Waals surface area contributed by atoms with Crippen molar-refractivity contribution in [3.63, 3.8) is 0 Å². The Morgan fingerprint density at radius 1 is 1.21 bits per heavy atom. The Kier molecular flexibility index (Phi) is 5.39. The Hall–Kier alpha value is -2.73. The smallest absolute Gasteiger partial charge is 0.251 e. The Morgan fingerprint density at radius 3 is 2.79 bits per heavy atom. The molecule has 2 unspecified atom stereocenters. The van der Waals surface area contributed by atoms with Gasteiger partial charge in [-0.2, -0.15) is 5.26 Å². The number of nitrogens with zero attached hydrogens (tertiary/aromatic N) is 5. The quantitative estimate of drug-likeness (QED) is 0.736. The van der Waals surface area contributed by atoms with Gasteiger partial charge in [0, 0.05) is 57.6 Å². The molecule has 0 radical (unpaired) electrons. The van der Waals surface area contributed by atoms with Crippen molar-refractivity contribution < 1.29 is 19.1 Å². The summed E-state index contributed by atoms with van der Waals surface area (Å²) in [4.78, 5) is 37.0. The van der Waals surface area contributed by atoms with E-state index in [0.29, 0.717) is 39.3 Å². The molecule has 0 saturated carbocycles. The summed E-state index contributed by atoms with van der Waals surface area (Å²) >= 11 is 0. The highest BCUT2D eigenvalue weighted by molar-refractivity contribution is 5.89. The number of ether oxygens (including phenoxy) is 2. The van der Waals surface area contributed by atoms with Crippen LogP contribution in [0.4, 0.5) is 0 Å². The summed E-state index contributed by atoms with van der Waals surface area (Å²) in [6.45, 7) is 2.85. The van der Waals surface area contributed by atoms with Crippen molar-refractivity contribution >= 4 is 11.8 Å². The van der Waals surface area contributed by atoms with Crippen molar-refractivity contribution in [2.75, 3.05) is 32.8 Å². The van der Waals surface area contributed by atoms with Crippen LogP contribution in [0.1, 0.15) is 31.4 Å². The first-order valence-electron chi connectivity index (χ1n) is 9.69. The summed E-state index contributed by atoms with van der Waals surface area (Å²) in [5, 5.41) is 9.09. The summed E-state index contributed by atoms with van der Waals surface area (Å²) in [7, 11) is 0. The molecule has 0 aromatic carbocycles. The van der Waals surface area contributed by atoms with Gasteiger partial charge in [0.05, 0.1) is 12.5 Å². The molecule has 9 nitrogen and oxygen atoms in total. The highest BCUT2D eigenvalue weighted by atomic mass is 16.5. The van der Waals surface area contributed by atoms with E-state index in [1.807, 2.05) is 11.0 Å². The molecule has 1 aromatic heterocycles. The number of carbonyl (C=O) groups is 2. The SMILES string of the molecule is N#Cc1nccnc1OC1CCN(C(=O)C2CC(=O)N(C3CCOCC3)C2)C1. The number of hydrogen-bond donors (Lipinski definition) is 0. The zero-order valence-electron chi connectivity index (χ0n) is 15.6. The molecule has 4 heterocycles. The fourth-order valence-corrected chi connectivity index (χ4v) is 4.18. The fraction of sp³-hybridized carbons (Fsp3) is 0.632. The van der Waals surface area contributed by atoms with Gasteiger partial charge in [-0.05, 0) is 12.8 Å². The van der Waals surface area contributed by atoms with Crippen molar-refractivity contribution in [1.82, 2.24) is 19.8 Å². The molecule has 9 heteroatoms. The lowest BCUT2D eigenvalue weighted by Gasteiger charge is -2.31. The van der Waals surface area contributed by atoms with Crippen LogP contribution in [0.15, 0.2) is 12.4 Å². The molecule has 3 saturated heterocycles. The van der Waals surface area contributed by atoms with Crippen LogP contribution in [-0.4, -0.2) is 76.6 Å². The number of hydrogen-bond acceptors (Lipinski definition) is 7. The van der Waals surface area contributed by atoms with Crippen molar-refractivity contribution in [3.8, 4) is 11.9 Å². The molecule has 2 amide bonds. The molecular weight excluding hydrogens is 362 g/mol. The molecule has 3 aliphatic heterocycles. The maximum atomic E-state index is 12.9. The molecule has 4 rings (SSSR count). The molecule has 0 N–H and O–H groups in total. The van der Waals surface area contributed by atoms with Gasteiger partial charge in [0.2, 0.25) is 17.5 Å². The van der Waals surface area contributed by atoms with Gasteiger partial charge in [-0.15, -0.1) is 0 Å². The van der Waals surface area contributed by atoms with Gasteiger partial charge < -0.3 is 19.3 Å². The predicted molar refractivity (Wildman–Crippen MR) is 96.0 cm³/mol. The average molecular weight is 385 g/mol. The summed E-state index contributed by atoms with van der Waals surface area (Å²) < 4.78 is 11.2. The van der Waals surface area contributed by atoms with E-state index in [9.17, 15) is 9.59 Å². The van der Waals surface area contributed by atoms with E-state index in [1.54, 1.807) is 4.90 Å². The molecular formula is C19H23N5O4. The molecule has 1 aromatic rings. The third-order valence-electron chi connectivity index (χ3n) is 5.64. The topological polar surface area (TPSA) is 109 Å². The molecule has 3 fully saturated rings. The molecule has 2 atom stereocenters. The standard InChI is InChI=1S/C19H23N5O4/c20-10-16-18(22-5-4-21-16)28-15-1-6-23(12-15)19(26)13-9-17(25)24(11-13)14-2-7-27-8-3-14/h4-5,13-15H,1-3,6-9,11-12H2. The number of aromatic nitrogens is 2. The molecule has 0 aliphatic carbocycles. The van der Waals surface area contributed by atoms with Gasteiger partial charge in [0.1, 0.15) is 12.2 Å². The zero-order valence-corrected chi connectivity index (χ0v) is 15.6. The Morgan fingerprint density at radius 2 is 2.00 bits per heavy atom. The number of carbonyl (C=O) groups excluding carboxylic acids is 2.